The maximum absolute atomic E-state index is 13.9. The van der Waals surface area contributed by atoms with E-state index in [0.717, 1.165) is 0 Å². The van der Waals surface area contributed by atoms with Gasteiger partial charge < -0.3 is 24.1 Å². The molecule has 0 unspecified atom stereocenters. The van der Waals surface area contributed by atoms with Gasteiger partial charge in [-0.3, -0.25) is 14.4 Å². The predicted molar refractivity (Wildman–Crippen MR) is 116 cm³/mol. The Morgan fingerprint density at radius 1 is 1.24 bits per heavy atom. The van der Waals surface area contributed by atoms with Gasteiger partial charge >= 0.3 is 0 Å². The van der Waals surface area contributed by atoms with E-state index in [0.29, 0.717) is 17.2 Å². The first-order chi connectivity index (χ1) is 15.9. The maximum atomic E-state index is 13.9. The summed E-state index contributed by atoms with van der Waals surface area (Å²) >= 11 is 0. The van der Waals surface area contributed by atoms with Gasteiger partial charge in [-0.15, -0.1) is 0 Å². The minimum atomic E-state index is -1.00. The lowest BCUT2D eigenvalue weighted by molar-refractivity contribution is -0.147. The normalized spacial score (nSPS) is 36.1. The first-order valence-corrected chi connectivity index (χ1v) is 11.1. The Labute approximate surface area is 190 Å². The number of benzene rings is 1. The predicted octanol–water partition coefficient (Wildman–Crippen LogP) is 2.73. The molecule has 2 amide bonds. The van der Waals surface area contributed by atoms with Gasteiger partial charge in [0, 0.05) is 24.1 Å². The molecule has 3 fully saturated rings. The highest BCUT2D eigenvalue weighted by molar-refractivity contribution is 6.00. The topological polar surface area (TPSA) is 98.1 Å². The van der Waals surface area contributed by atoms with E-state index in [9.17, 15) is 14.4 Å². The van der Waals surface area contributed by atoms with Crippen molar-refractivity contribution in [1.29, 1.82) is 0 Å². The Hall–Kier alpha value is -3.39. The van der Waals surface area contributed by atoms with Gasteiger partial charge in [0.1, 0.15) is 22.9 Å². The van der Waals surface area contributed by atoms with E-state index in [1.54, 1.807) is 54.7 Å². The van der Waals surface area contributed by atoms with E-state index in [4.69, 9.17) is 13.9 Å². The van der Waals surface area contributed by atoms with Crippen LogP contribution >= 0.6 is 0 Å². The van der Waals surface area contributed by atoms with Gasteiger partial charge in [-0.25, -0.2) is 0 Å². The summed E-state index contributed by atoms with van der Waals surface area (Å²) < 4.78 is 17.2. The summed E-state index contributed by atoms with van der Waals surface area (Å²) in [6.07, 6.45) is 4.97. The second-order valence-electron chi connectivity index (χ2n) is 9.20. The third kappa shape index (κ3) is 2.70. The lowest BCUT2D eigenvalue weighted by atomic mass is 9.70. The van der Waals surface area contributed by atoms with Crippen molar-refractivity contribution < 1.29 is 28.3 Å². The molecule has 4 aliphatic rings. The van der Waals surface area contributed by atoms with Crippen molar-refractivity contribution in [2.45, 2.75) is 37.1 Å². The molecule has 33 heavy (non-hydrogen) atoms. The lowest BCUT2D eigenvalue weighted by Crippen LogP contribution is -2.55. The first kappa shape index (κ1) is 20.2. The third-order valence-electron chi connectivity index (χ3n) is 7.59. The van der Waals surface area contributed by atoms with Crippen molar-refractivity contribution in [1.82, 2.24) is 4.90 Å². The largest absolute Gasteiger partial charge is 0.497 e. The number of rotatable bonds is 4. The molecular weight excluding hydrogens is 424 g/mol. The van der Waals surface area contributed by atoms with Crippen LogP contribution in [-0.2, 0) is 19.1 Å². The van der Waals surface area contributed by atoms with Crippen molar-refractivity contribution in [2.75, 3.05) is 12.4 Å². The van der Waals surface area contributed by atoms with Crippen LogP contribution in [0.15, 0.2) is 59.2 Å². The van der Waals surface area contributed by atoms with Gasteiger partial charge in [-0.2, -0.15) is 0 Å². The number of carbonyl (C=O) groups excluding carboxylic acids is 3. The summed E-state index contributed by atoms with van der Waals surface area (Å²) in [5.74, 6) is -1.01. The number of amides is 2. The summed E-state index contributed by atoms with van der Waals surface area (Å²) in [4.78, 5) is 42.0. The zero-order valence-corrected chi connectivity index (χ0v) is 18.3. The summed E-state index contributed by atoms with van der Waals surface area (Å²) in [6, 6.07) is 9.62. The number of ether oxygens (including phenoxy) is 2. The Bertz CT molecular complexity index is 1170. The fourth-order valence-electron chi connectivity index (χ4n) is 6.19. The number of carbonyl (C=O) groups is 3. The minimum absolute atomic E-state index is 0.0604. The van der Waals surface area contributed by atoms with E-state index < -0.39 is 41.5 Å². The average Bonchev–Trinajstić information content (AvgIpc) is 3.58. The van der Waals surface area contributed by atoms with Crippen LogP contribution in [0, 0.1) is 17.8 Å². The first-order valence-electron chi connectivity index (χ1n) is 11.1. The zero-order chi connectivity index (χ0) is 22.9. The van der Waals surface area contributed by atoms with Gasteiger partial charge in [0.2, 0.25) is 11.8 Å². The molecule has 1 aromatic carbocycles. The number of Topliss-reactive ketones (excluding diaryl/α,β-unsaturated/α-hetero) is 1. The zero-order valence-electron chi connectivity index (χ0n) is 18.3. The molecule has 8 nitrogen and oxygen atoms in total. The molecule has 1 N–H and O–H groups in total. The third-order valence-corrected chi connectivity index (χ3v) is 7.59. The Balaban J connectivity index is 1.37. The number of methoxy groups -OCH3 is 1. The van der Waals surface area contributed by atoms with E-state index in [2.05, 4.69) is 5.32 Å². The highest BCUT2D eigenvalue weighted by Gasteiger charge is 2.74. The number of furan rings is 1. The van der Waals surface area contributed by atoms with Crippen LogP contribution in [-0.4, -0.2) is 47.4 Å². The molecule has 1 aromatic heterocycles. The van der Waals surface area contributed by atoms with Crippen LogP contribution in [0.5, 0.6) is 5.75 Å². The highest BCUT2D eigenvalue weighted by Crippen LogP contribution is 2.60. The lowest BCUT2D eigenvalue weighted by Gasteiger charge is -2.43. The van der Waals surface area contributed by atoms with Gasteiger partial charge in [-0.05, 0) is 24.3 Å². The Morgan fingerprint density at radius 2 is 2.09 bits per heavy atom. The fraction of sp³-hybridized carbons (Fsp3) is 0.400. The number of ketones is 1. The molecule has 170 valence electrons. The molecule has 6 rings (SSSR count). The van der Waals surface area contributed by atoms with E-state index in [-0.39, 0.29) is 24.0 Å². The molecular formula is C25H24N2O6. The molecule has 8 heteroatoms. The second kappa shape index (κ2) is 7.05. The van der Waals surface area contributed by atoms with Crippen molar-refractivity contribution in [3.05, 3.63) is 60.6 Å². The molecule has 0 saturated carbocycles. The average molecular weight is 448 g/mol. The van der Waals surface area contributed by atoms with Crippen LogP contribution in [0.25, 0.3) is 0 Å². The molecule has 2 aromatic rings. The van der Waals surface area contributed by atoms with Crippen molar-refractivity contribution in [3.63, 3.8) is 0 Å². The van der Waals surface area contributed by atoms with E-state index in [1.807, 2.05) is 19.1 Å². The summed E-state index contributed by atoms with van der Waals surface area (Å²) in [5.41, 5.74) is -0.418. The molecule has 4 aliphatic heterocycles. The maximum Gasteiger partial charge on any atom is 0.231 e. The Kier molecular flexibility index (Phi) is 4.32. The van der Waals surface area contributed by atoms with Crippen LogP contribution in [0.3, 0.4) is 0 Å². The van der Waals surface area contributed by atoms with Crippen LogP contribution < -0.4 is 10.1 Å². The van der Waals surface area contributed by atoms with Gasteiger partial charge in [0.25, 0.3) is 0 Å². The van der Waals surface area contributed by atoms with Gasteiger partial charge in [0.05, 0.1) is 43.4 Å². The number of nitrogens with one attached hydrogen (secondary N) is 1. The Morgan fingerprint density at radius 3 is 2.85 bits per heavy atom. The molecule has 0 aliphatic carbocycles. The quantitative estimate of drug-likeness (QED) is 0.723. The number of nitrogens with zero attached hydrogens (tertiary/aromatic N) is 1. The number of piperidine rings is 1. The molecule has 2 bridgehead atoms. The monoisotopic (exact) mass is 448 g/mol. The van der Waals surface area contributed by atoms with Crippen LogP contribution in [0.4, 0.5) is 5.69 Å². The molecule has 1 spiro atoms. The number of hydrogen-bond donors (Lipinski definition) is 1. The summed E-state index contributed by atoms with van der Waals surface area (Å²) in [5, 5.41) is 2.92. The van der Waals surface area contributed by atoms with Crippen LogP contribution in [0.2, 0.25) is 0 Å². The van der Waals surface area contributed by atoms with Crippen molar-refractivity contribution in [3.8, 4) is 5.75 Å². The molecule has 3 saturated heterocycles. The van der Waals surface area contributed by atoms with Crippen molar-refractivity contribution in [2.24, 2.45) is 17.8 Å². The standard InChI is InChI=1S/C25H24N2O6/c1-13-17(28)12-16(18-7-4-10-32-18)27-22(13)25-9-8-19(33-25)20(21(25)24(27)30)23(29)26-14-5-3-6-15(11-14)31-2/h3-11,13,16,19-22H,12H2,1-2H3,(H,26,29)/t13-,16+,19+,20+,21-,22+,25-/m0/s1. The SMILES string of the molecule is COc1cccc(NC(=O)[C@H]2[C@H]3C(=O)N4[C@@H](c5ccco5)CC(=O)[C@H](C)[C@@H]4[C@]34C=C[C@H]2O4)c1. The van der Waals surface area contributed by atoms with Crippen LogP contribution in [0.1, 0.15) is 25.1 Å². The molecule has 0 radical (unpaired) electrons. The van der Waals surface area contributed by atoms with E-state index >= 15 is 0 Å². The molecule has 5 heterocycles. The number of anilines is 1. The van der Waals surface area contributed by atoms with Gasteiger partial charge in [-0.1, -0.05) is 25.1 Å². The highest BCUT2D eigenvalue weighted by atomic mass is 16.5. The van der Waals surface area contributed by atoms with Crippen molar-refractivity contribution >= 4 is 23.3 Å². The second-order valence-corrected chi connectivity index (χ2v) is 9.20. The van der Waals surface area contributed by atoms with E-state index in [1.165, 1.54) is 0 Å². The fourth-order valence-corrected chi connectivity index (χ4v) is 6.19. The summed E-state index contributed by atoms with van der Waals surface area (Å²) in [6.45, 7) is 1.84. The van der Waals surface area contributed by atoms with Gasteiger partial charge in [0.15, 0.2) is 0 Å². The summed E-state index contributed by atoms with van der Waals surface area (Å²) in [7, 11) is 1.56. The number of fused-ring (bicyclic) bond motifs is 2. The smallest absolute Gasteiger partial charge is 0.231 e. The minimum Gasteiger partial charge on any atom is -0.497 e. The number of hydrogen-bond acceptors (Lipinski definition) is 6. The molecule has 7 atom stereocenters.